The number of nitrogens with one attached hydrogen (secondary N) is 1. The first-order valence-corrected chi connectivity index (χ1v) is 13.3. The third kappa shape index (κ3) is 4.76. The topological polar surface area (TPSA) is 59.4 Å². The largest absolute Gasteiger partial charge is 0.417 e. The van der Waals surface area contributed by atoms with Crippen LogP contribution in [0.1, 0.15) is 19.4 Å². The number of hydrogen-bond donors (Lipinski definition) is 1. The third-order valence-electron chi connectivity index (χ3n) is 6.77. The minimum atomic E-state index is -4.91. The molecule has 1 fully saturated rings. The fraction of sp³-hybridized carbons (Fsp3) is 0.440. The Morgan fingerprint density at radius 3 is 2.42 bits per heavy atom. The molecule has 2 aliphatic rings. The number of piperazine rings is 1. The van der Waals surface area contributed by atoms with Crippen LogP contribution >= 0.6 is 23.4 Å². The first-order chi connectivity index (χ1) is 17.9. The molecule has 3 unspecified atom stereocenters. The van der Waals surface area contributed by atoms with Gasteiger partial charge in [-0.25, -0.2) is 13.6 Å². The predicted octanol–water partition coefficient (Wildman–Crippen LogP) is 5.32. The van der Waals surface area contributed by atoms with Crippen LogP contribution < -0.4 is 15.9 Å². The molecule has 0 aliphatic carbocycles. The summed E-state index contributed by atoms with van der Waals surface area (Å²) in [5.74, 6) is -1.97. The molecule has 0 spiro atoms. The second kappa shape index (κ2) is 9.96. The van der Waals surface area contributed by atoms with E-state index in [-0.39, 0.29) is 46.0 Å². The Morgan fingerprint density at radius 2 is 1.79 bits per heavy atom. The fourth-order valence-electron chi connectivity index (χ4n) is 5.22. The minimum Gasteiger partial charge on any atom is -0.379 e. The molecule has 3 heterocycles. The number of nitrogens with zero attached hydrogens (tertiary/aromatic N) is 3. The molecule has 0 radical (unpaired) electrons. The van der Waals surface area contributed by atoms with Gasteiger partial charge in [0.1, 0.15) is 17.5 Å². The zero-order valence-electron chi connectivity index (χ0n) is 20.6. The van der Waals surface area contributed by atoms with Crippen LogP contribution in [0, 0.1) is 11.6 Å². The number of rotatable bonds is 3. The van der Waals surface area contributed by atoms with Crippen LogP contribution in [0.15, 0.2) is 27.9 Å². The number of anilines is 1. The lowest BCUT2D eigenvalue weighted by Gasteiger charge is -2.37. The summed E-state index contributed by atoms with van der Waals surface area (Å²) in [4.78, 5) is 19.4. The molecule has 0 bridgehead atoms. The monoisotopic (exact) mass is 574 g/mol. The normalized spacial score (nSPS) is 22.1. The molecule has 1 aromatic heterocycles. The second-order valence-electron chi connectivity index (χ2n) is 9.64. The molecule has 5 rings (SSSR count). The molecular formula is C25H24ClF5N4O2S. The summed E-state index contributed by atoms with van der Waals surface area (Å²) in [7, 11) is 1.44. The summed E-state index contributed by atoms with van der Waals surface area (Å²) in [6, 6.07) is 2.22. The van der Waals surface area contributed by atoms with Crippen LogP contribution in [0.5, 0.6) is 0 Å². The van der Waals surface area contributed by atoms with Gasteiger partial charge in [0.15, 0.2) is 0 Å². The fourth-order valence-corrected chi connectivity index (χ4v) is 6.70. The molecule has 3 aromatic rings. The number of methoxy groups -OCH3 is 1. The molecule has 2 aromatic carbocycles. The van der Waals surface area contributed by atoms with Crippen LogP contribution in [0.4, 0.5) is 27.8 Å². The maximum absolute atomic E-state index is 15.1. The van der Waals surface area contributed by atoms with Gasteiger partial charge >= 0.3 is 11.9 Å². The highest BCUT2D eigenvalue weighted by molar-refractivity contribution is 7.99. The molecule has 2 aliphatic heterocycles. The van der Waals surface area contributed by atoms with Gasteiger partial charge < -0.3 is 15.0 Å². The van der Waals surface area contributed by atoms with E-state index in [0.717, 1.165) is 23.9 Å². The van der Waals surface area contributed by atoms with Gasteiger partial charge in [-0.3, -0.25) is 4.57 Å². The van der Waals surface area contributed by atoms with Crippen LogP contribution in [-0.4, -0.2) is 53.7 Å². The average molecular weight is 575 g/mol. The predicted molar refractivity (Wildman–Crippen MR) is 137 cm³/mol. The van der Waals surface area contributed by atoms with E-state index >= 15 is 4.39 Å². The van der Waals surface area contributed by atoms with E-state index in [9.17, 15) is 22.4 Å². The third-order valence-corrected chi connectivity index (χ3v) is 8.29. The van der Waals surface area contributed by atoms with Gasteiger partial charge in [0.25, 0.3) is 0 Å². The Labute approximate surface area is 224 Å². The molecule has 38 heavy (non-hydrogen) atoms. The highest BCUT2D eigenvalue weighted by Gasteiger charge is 2.39. The maximum atomic E-state index is 15.1. The lowest BCUT2D eigenvalue weighted by atomic mass is 9.95. The lowest BCUT2D eigenvalue weighted by molar-refractivity contribution is -0.137. The van der Waals surface area contributed by atoms with Crippen molar-refractivity contribution in [1.82, 2.24) is 14.9 Å². The van der Waals surface area contributed by atoms with Crippen molar-refractivity contribution in [2.24, 2.45) is 0 Å². The summed E-state index contributed by atoms with van der Waals surface area (Å²) in [6.45, 7) is 4.76. The van der Waals surface area contributed by atoms with Crippen molar-refractivity contribution in [3.63, 3.8) is 0 Å². The van der Waals surface area contributed by atoms with Gasteiger partial charge in [0.05, 0.1) is 28.8 Å². The molecule has 1 N–H and O–H groups in total. The standard InChI is InChI=1S/C25H24ClF5N4O2S/c1-11-7-34(8-12(2)32-11)23-15-4-16(25(29,30)31)20(14-5-17(26)19(28)6-18(14)27)22-21(15)35(24(36)33-23)9-13(37-3)10-38-22/h4-6,11-13,32H,7-10H2,1-3H3. The number of benzene rings is 2. The zero-order chi connectivity index (χ0) is 27.5. The van der Waals surface area contributed by atoms with E-state index in [2.05, 4.69) is 10.3 Å². The highest BCUT2D eigenvalue weighted by Crippen LogP contribution is 2.49. The molecule has 13 heteroatoms. The van der Waals surface area contributed by atoms with Crippen molar-refractivity contribution in [2.45, 2.75) is 49.7 Å². The maximum Gasteiger partial charge on any atom is 0.417 e. The van der Waals surface area contributed by atoms with E-state index in [1.807, 2.05) is 13.8 Å². The Kier molecular flexibility index (Phi) is 7.12. The van der Waals surface area contributed by atoms with E-state index in [1.54, 1.807) is 4.90 Å². The Hall–Kier alpha value is -2.41. The molecule has 3 atom stereocenters. The number of halogens is 6. The molecular weight excluding hydrogens is 551 g/mol. The summed E-state index contributed by atoms with van der Waals surface area (Å²) >= 11 is 6.91. The molecule has 0 saturated carbocycles. The van der Waals surface area contributed by atoms with Gasteiger partial charge in [-0.05, 0) is 26.0 Å². The van der Waals surface area contributed by atoms with Crippen molar-refractivity contribution in [3.05, 3.63) is 50.9 Å². The van der Waals surface area contributed by atoms with Crippen LogP contribution in [0.3, 0.4) is 0 Å². The summed E-state index contributed by atoms with van der Waals surface area (Å²) < 4.78 is 79.8. The Morgan fingerprint density at radius 1 is 1.11 bits per heavy atom. The first-order valence-electron chi connectivity index (χ1n) is 11.9. The van der Waals surface area contributed by atoms with Gasteiger partial charge in [0.2, 0.25) is 0 Å². The number of thioether (sulfide) groups is 1. The van der Waals surface area contributed by atoms with Crippen molar-refractivity contribution in [3.8, 4) is 11.1 Å². The van der Waals surface area contributed by atoms with Crippen LogP contribution in [0.2, 0.25) is 5.02 Å². The summed E-state index contributed by atoms with van der Waals surface area (Å²) in [5.41, 5.74) is -2.59. The quantitative estimate of drug-likeness (QED) is 0.338. The molecule has 204 valence electrons. The lowest BCUT2D eigenvalue weighted by Crippen LogP contribution is -2.55. The number of alkyl halides is 3. The van der Waals surface area contributed by atoms with E-state index in [4.69, 9.17) is 16.3 Å². The van der Waals surface area contributed by atoms with Gasteiger partial charge in [-0.1, -0.05) is 11.6 Å². The minimum absolute atomic E-state index is 0.00255. The molecule has 1 saturated heterocycles. The number of ether oxygens (including phenoxy) is 1. The molecule has 0 amide bonds. The van der Waals surface area contributed by atoms with Gasteiger partial charge in [0, 0.05) is 65.5 Å². The van der Waals surface area contributed by atoms with Crippen molar-refractivity contribution < 1.29 is 26.7 Å². The summed E-state index contributed by atoms with van der Waals surface area (Å²) in [6.07, 6.45) is -5.44. The van der Waals surface area contributed by atoms with Gasteiger partial charge in [-0.15, -0.1) is 11.8 Å². The number of aromatic nitrogens is 2. The average Bonchev–Trinajstić information content (AvgIpc) is 3.03. The molecule has 6 nitrogen and oxygen atoms in total. The van der Waals surface area contributed by atoms with E-state index in [0.29, 0.717) is 19.2 Å². The van der Waals surface area contributed by atoms with Crippen molar-refractivity contribution in [2.75, 3.05) is 30.9 Å². The van der Waals surface area contributed by atoms with Crippen molar-refractivity contribution >= 4 is 40.1 Å². The van der Waals surface area contributed by atoms with E-state index < -0.39 is 51.3 Å². The van der Waals surface area contributed by atoms with E-state index in [1.165, 1.54) is 11.7 Å². The second-order valence-corrected chi connectivity index (χ2v) is 11.1. The van der Waals surface area contributed by atoms with Crippen molar-refractivity contribution in [1.29, 1.82) is 0 Å². The first kappa shape index (κ1) is 27.2. The summed E-state index contributed by atoms with van der Waals surface area (Å²) in [5, 5.41) is 2.95. The number of hydrogen-bond acceptors (Lipinski definition) is 6. The van der Waals surface area contributed by atoms with Crippen LogP contribution in [-0.2, 0) is 17.5 Å². The Bertz CT molecular complexity index is 1470. The zero-order valence-corrected chi connectivity index (χ0v) is 22.2. The highest BCUT2D eigenvalue weighted by atomic mass is 35.5. The Balaban J connectivity index is 1.92. The van der Waals surface area contributed by atoms with Crippen LogP contribution in [0.25, 0.3) is 22.0 Å². The smallest absolute Gasteiger partial charge is 0.379 e. The van der Waals surface area contributed by atoms with Gasteiger partial charge in [-0.2, -0.15) is 18.2 Å². The SMILES string of the molecule is COC1CSc2c(-c3cc(Cl)c(F)cc3F)c(C(F)(F)F)cc3c(N4CC(C)NC(C)C4)nc(=O)n(c23)C1.